The van der Waals surface area contributed by atoms with E-state index in [9.17, 15) is 0 Å². The van der Waals surface area contributed by atoms with Crippen LogP contribution < -0.4 is 4.90 Å². The fourth-order valence-electron chi connectivity index (χ4n) is 9.33. The molecule has 0 radical (unpaired) electrons. The SMILES string of the molecule is CC1(C)c2ccccc2-c2c1ccc1c2ccc2ccc3cc(N(c4ccccc4)c4cccc5c6ccccc6n(-c6ccccc6)c45)ccc3c21. The van der Waals surface area contributed by atoms with Crippen LogP contribution in [0, 0.1) is 0 Å². The van der Waals surface area contributed by atoms with Gasteiger partial charge in [0.25, 0.3) is 0 Å². The summed E-state index contributed by atoms with van der Waals surface area (Å²) in [4.78, 5) is 2.43. The monoisotopic (exact) mass is 676 g/mol. The third kappa shape index (κ3) is 4.27. The molecule has 0 saturated carbocycles. The summed E-state index contributed by atoms with van der Waals surface area (Å²) in [6.45, 7) is 4.72. The molecule has 1 aliphatic rings. The largest absolute Gasteiger partial charge is 0.308 e. The minimum absolute atomic E-state index is 0.0291. The lowest BCUT2D eigenvalue weighted by atomic mass is 9.82. The zero-order chi connectivity index (χ0) is 35.3. The molecule has 0 N–H and O–H groups in total. The second-order valence-electron chi connectivity index (χ2n) is 14.9. The van der Waals surface area contributed by atoms with Gasteiger partial charge in [-0.05, 0) is 103 Å². The fraction of sp³-hybridized carbons (Fsp3) is 0.0588. The number of aromatic nitrogens is 1. The highest BCUT2D eigenvalue weighted by Crippen LogP contribution is 2.52. The molecule has 0 amide bonds. The van der Waals surface area contributed by atoms with Crippen LogP contribution in [-0.2, 0) is 5.41 Å². The molecule has 1 heterocycles. The molecule has 10 aromatic rings. The molecule has 0 saturated heterocycles. The highest BCUT2D eigenvalue weighted by molar-refractivity contribution is 6.23. The third-order valence-corrected chi connectivity index (χ3v) is 11.7. The highest BCUT2D eigenvalue weighted by atomic mass is 15.2. The number of para-hydroxylation sites is 4. The van der Waals surface area contributed by atoms with E-state index in [1.165, 1.54) is 76.4 Å². The molecular weight excluding hydrogens is 641 g/mol. The van der Waals surface area contributed by atoms with Crippen molar-refractivity contribution in [3.63, 3.8) is 0 Å². The van der Waals surface area contributed by atoms with Gasteiger partial charge in [-0.1, -0.05) is 147 Å². The predicted molar refractivity (Wildman–Crippen MR) is 226 cm³/mol. The first-order valence-electron chi connectivity index (χ1n) is 18.5. The van der Waals surface area contributed by atoms with E-state index in [4.69, 9.17) is 0 Å². The molecule has 53 heavy (non-hydrogen) atoms. The quantitative estimate of drug-likeness (QED) is 0.168. The van der Waals surface area contributed by atoms with Gasteiger partial charge in [0.2, 0.25) is 0 Å². The lowest BCUT2D eigenvalue weighted by molar-refractivity contribution is 0.661. The standard InChI is InChI=1S/C51H36N2/c1-51(2)44-21-11-9-19-43(44)49-41-28-26-33-24-25-34-32-37(27-29-38(34)48(33)40(41)30-31-45(49)51)52(35-14-5-3-6-15-35)47-23-13-20-42-39-18-10-12-22-46(39)53(50(42)47)36-16-7-4-8-17-36/h3-32H,1-2H3. The Morgan fingerprint density at radius 1 is 0.453 bits per heavy atom. The second kappa shape index (κ2) is 11.2. The van der Waals surface area contributed by atoms with E-state index in [0.717, 1.165) is 22.7 Å². The highest BCUT2D eigenvalue weighted by Gasteiger charge is 2.36. The molecule has 9 aromatic carbocycles. The summed E-state index contributed by atoms with van der Waals surface area (Å²) in [5.74, 6) is 0. The van der Waals surface area contributed by atoms with Crippen molar-refractivity contribution < 1.29 is 0 Å². The zero-order valence-corrected chi connectivity index (χ0v) is 29.7. The van der Waals surface area contributed by atoms with Crippen LogP contribution in [0.15, 0.2) is 182 Å². The lowest BCUT2D eigenvalue weighted by Gasteiger charge is -2.27. The summed E-state index contributed by atoms with van der Waals surface area (Å²) >= 11 is 0. The van der Waals surface area contributed by atoms with E-state index < -0.39 is 0 Å². The van der Waals surface area contributed by atoms with E-state index in [1.807, 2.05) is 0 Å². The fourth-order valence-corrected chi connectivity index (χ4v) is 9.33. The van der Waals surface area contributed by atoms with Gasteiger partial charge in [0.1, 0.15) is 0 Å². The first-order chi connectivity index (χ1) is 26.1. The molecule has 0 aliphatic heterocycles. The van der Waals surface area contributed by atoms with E-state index in [1.54, 1.807) is 0 Å². The van der Waals surface area contributed by atoms with Crippen LogP contribution >= 0.6 is 0 Å². The Labute approximate surface area is 308 Å². The minimum atomic E-state index is -0.0291. The molecule has 11 rings (SSSR count). The van der Waals surface area contributed by atoms with Crippen LogP contribution in [0.3, 0.4) is 0 Å². The minimum Gasteiger partial charge on any atom is -0.308 e. The van der Waals surface area contributed by atoms with Crippen molar-refractivity contribution in [1.29, 1.82) is 0 Å². The number of nitrogens with zero attached hydrogens (tertiary/aromatic N) is 2. The Kier molecular flexibility index (Phi) is 6.33. The van der Waals surface area contributed by atoms with Crippen molar-refractivity contribution >= 4 is 71.2 Å². The molecule has 2 heteroatoms. The lowest BCUT2D eigenvalue weighted by Crippen LogP contribution is -2.14. The van der Waals surface area contributed by atoms with Crippen LogP contribution in [0.4, 0.5) is 17.1 Å². The number of hydrogen-bond donors (Lipinski definition) is 0. The van der Waals surface area contributed by atoms with Crippen molar-refractivity contribution in [2.45, 2.75) is 19.3 Å². The van der Waals surface area contributed by atoms with Crippen molar-refractivity contribution in [3.05, 3.63) is 193 Å². The summed E-state index contributed by atoms with van der Waals surface area (Å²) in [5.41, 5.74) is 12.4. The van der Waals surface area contributed by atoms with Gasteiger partial charge in [-0.25, -0.2) is 0 Å². The van der Waals surface area contributed by atoms with Crippen molar-refractivity contribution in [2.24, 2.45) is 0 Å². The van der Waals surface area contributed by atoms with Gasteiger partial charge in [0.15, 0.2) is 0 Å². The van der Waals surface area contributed by atoms with E-state index in [0.29, 0.717) is 0 Å². The Morgan fingerprint density at radius 2 is 1.13 bits per heavy atom. The number of hydrogen-bond acceptors (Lipinski definition) is 1. The molecule has 0 atom stereocenters. The molecule has 0 fully saturated rings. The van der Waals surface area contributed by atoms with E-state index in [-0.39, 0.29) is 5.41 Å². The Bertz CT molecular complexity index is 3080. The molecule has 0 bridgehead atoms. The maximum Gasteiger partial charge on any atom is 0.0782 e. The predicted octanol–water partition coefficient (Wildman–Crippen LogP) is 14.0. The average molecular weight is 677 g/mol. The maximum absolute atomic E-state index is 2.43. The Hall–Kier alpha value is -6.64. The molecule has 0 spiro atoms. The van der Waals surface area contributed by atoms with Gasteiger partial charge in [-0.2, -0.15) is 0 Å². The van der Waals surface area contributed by atoms with E-state index in [2.05, 4.69) is 205 Å². The summed E-state index contributed by atoms with van der Waals surface area (Å²) < 4.78 is 2.43. The second-order valence-corrected chi connectivity index (χ2v) is 14.9. The van der Waals surface area contributed by atoms with Crippen LogP contribution in [0.2, 0.25) is 0 Å². The number of rotatable bonds is 4. The van der Waals surface area contributed by atoms with E-state index >= 15 is 0 Å². The average Bonchev–Trinajstić information content (AvgIpc) is 3.67. The molecular formula is C51H36N2. The van der Waals surface area contributed by atoms with Crippen LogP contribution in [0.25, 0.3) is 70.9 Å². The first kappa shape index (κ1) is 30.0. The topological polar surface area (TPSA) is 8.17 Å². The molecule has 250 valence electrons. The summed E-state index contributed by atoms with van der Waals surface area (Å²) in [6.07, 6.45) is 0. The van der Waals surface area contributed by atoms with Gasteiger partial charge in [0.05, 0.1) is 16.7 Å². The molecule has 0 unspecified atom stereocenters. The normalized spacial score (nSPS) is 13.2. The van der Waals surface area contributed by atoms with Crippen LogP contribution in [0.1, 0.15) is 25.0 Å². The Balaban J connectivity index is 1.17. The van der Waals surface area contributed by atoms with Crippen LogP contribution in [0.5, 0.6) is 0 Å². The van der Waals surface area contributed by atoms with Gasteiger partial charge < -0.3 is 9.47 Å². The smallest absolute Gasteiger partial charge is 0.0782 e. The van der Waals surface area contributed by atoms with Crippen molar-refractivity contribution in [2.75, 3.05) is 4.90 Å². The van der Waals surface area contributed by atoms with Crippen LogP contribution in [-0.4, -0.2) is 4.57 Å². The number of anilines is 3. The third-order valence-electron chi connectivity index (χ3n) is 11.7. The van der Waals surface area contributed by atoms with Crippen molar-refractivity contribution in [1.82, 2.24) is 4.57 Å². The van der Waals surface area contributed by atoms with Gasteiger partial charge in [-0.3, -0.25) is 0 Å². The van der Waals surface area contributed by atoms with Gasteiger partial charge >= 0.3 is 0 Å². The van der Waals surface area contributed by atoms with Crippen molar-refractivity contribution in [3.8, 4) is 16.8 Å². The zero-order valence-electron chi connectivity index (χ0n) is 29.7. The molecule has 1 aliphatic carbocycles. The molecule has 2 nitrogen and oxygen atoms in total. The first-order valence-corrected chi connectivity index (χ1v) is 18.5. The number of benzene rings is 9. The number of fused-ring (bicyclic) bond motifs is 12. The maximum atomic E-state index is 2.43. The van der Waals surface area contributed by atoms with Gasteiger partial charge in [-0.15, -0.1) is 0 Å². The summed E-state index contributed by atoms with van der Waals surface area (Å²) in [6, 6.07) is 67.0. The van der Waals surface area contributed by atoms with Gasteiger partial charge in [0, 0.05) is 33.2 Å². The molecule has 1 aromatic heterocycles. The summed E-state index contributed by atoms with van der Waals surface area (Å²) in [5, 5.41) is 10.2. The Morgan fingerprint density at radius 3 is 2.00 bits per heavy atom. The summed E-state index contributed by atoms with van der Waals surface area (Å²) in [7, 11) is 0.